The first kappa shape index (κ1) is 27.9. The van der Waals surface area contributed by atoms with Crippen molar-refractivity contribution in [2.24, 2.45) is 0 Å². The second kappa shape index (κ2) is 14.1. The molecule has 0 aliphatic heterocycles. The Morgan fingerprint density at radius 1 is 0.515 bits per heavy atom. The van der Waals surface area contributed by atoms with Crippen molar-refractivity contribution in [3.05, 3.63) is 126 Å². The van der Waals surface area contributed by atoms with Crippen LogP contribution < -0.4 is 10.2 Å². The second-order valence-electron chi connectivity index (χ2n) is 6.40. The average molecular weight is 469 g/mol. The van der Waals surface area contributed by atoms with Crippen LogP contribution in [0.4, 0.5) is 0 Å². The molecule has 4 aromatic rings. The minimum Gasteiger partial charge on any atom is -0.870 e. The van der Waals surface area contributed by atoms with E-state index in [1.807, 2.05) is 0 Å². The van der Waals surface area contributed by atoms with Gasteiger partial charge in [0.1, 0.15) is 0 Å². The van der Waals surface area contributed by atoms with Gasteiger partial charge in [-0.2, -0.15) is 0 Å². The molecule has 4 aromatic carbocycles. The quantitative estimate of drug-likeness (QED) is 0.330. The number of rotatable bonds is 5. The molecule has 7 heteroatoms. The summed E-state index contributed by atoms with van der Waals surface area (Å²) in [5.74, 6) is -2.81. The molecule has 162 valence electrons. The van der Waals surface area contributed by atoms with Crippen LogP contribution >= 0.6 is 0 Å². The second-order valence-corrected chi connectivity index (χ2v) is 8.43. The Morgan fingerprint density at radius 2 is 0.818 bits per heavy atom. The minimum atomic E-state index is -1.40. The normalized spacial score (nSPS) is 9.48. The molecule has 0 spiro atoms. The summed E-state index contributed by atoms with van der Waals surface area (Å²) in [7, 11) is -0.0146. The van der Waals surface area contributed by atoms with Gasteiger partial charge in [-0.25, -0.2) is 0 Å². The van der Waals surface area contributed by atoms with Gasteiger partial charge >= 0.3 is 23.1 Å². The van der Waals surface area contributed by atoms with Crippen LogP contribution in [0.15, 0.2) is 130 Å². The number of hydrogen-bond donors (Lipinski definition) is 0. The predicted octanol–water partition coefficient (Wildman–Crippen LogP) is 2.64. The van der Waals surface area contributed by atoms with Crippen molar-refractivity contribution in [3.8, 4) is 0 Å². The molecule has 0 saturated carbocycles. The van der Waals surface area contributed by atoms with Crippen molar-refractivity contribution in [1.82, 2.24) is 0 Å². The Hall–Kier alpha value is -3.10. The fourth-order valence-corrected chi connectivity index (χ4v) is 4.96. The largest absolute Gasteiger partial charge is 2.00 e. The van der Waals surface area contributed by atoms with Crippen LogP contribution in [0.25, 0.3) is 0 Å². The third kappa shape index (κ3) is 8.07. The van der Waals surface area contributed by atoms with Crippen molar-refractivity contribution in [2.45, 2.75) is 14.7 Å². The molecule has 0 heterocycles. The standard InChI is InChI=1S/C18H15S.C8H6O4.Mg.H2O/c1-4-10-16(11-5-1)19(17-12-6-2-7-13-17)18-14-8-3-9-15-18;9-7(10)5-2-1-3-6(4-5)8(11)12;;/h1-15H;1-4H,(H,9,10)(H,11,12);;1H2/q+1;;+2;/p-3. The maximum Gasteiger partial charge on any atom is 2.00 e. The Bertz CT molecular complexity index is 1020. The van der Waals surface area contributed by atoms with Crippen LogP contribution in [0, 0.1) is 0 Å². The zero-order valence-electron chi connectivity index (χ0n) is 17.7. The maximum absolute atomic E-state index is 10.3. The average Bonchev–Trinajstić information content (AvgIpc) is 2.82. The van der Waals surface area contributed by atoms with E-state index in [4.69, 9.17) is 0 Å². The van der Waals surface area contributed by atoms with Gasteiger partial charge in [0.15, 0.2) is 14.7 Å². The third-order valence-corrected chi connectivity index (χ3v) is 6.50. The van der Waals surface area contributed by atoms with E-state index in [0.717, 1.165) is 6.07 Å². The van der Waals surface area contributed by atoms with Crippen molar-refractivity contribution < 1.29 is 25.3 Å². The molecule has 0 aliphatic carbocycles. The summed E-state index contributed by atoms with van der Waals surface area (Å²) < 4.78 is 0. The van der Waals surface area contributed by atoms with Gasteiger partial charge in [0, 0.05) is 0 Å². The van der Waals surface area contributed by atoms with E-state index in [1.165, 1.54) is 32.9 Å². The molecule has 4 rings (SSSR count). The van der Waals surface area contributed by atoms with E-state index in [1.54, 1.807) is 0 Å². The molecular formula is C26H20MgO5S. The van der Waals surface area contributed by atoms with E-state index in [2.05, 4.69) is 91.0 Å². The number of carboxylic acids is 2. The maximum atomic E-state index is 10.3. The number of aromatic carboxylic acids is 2. The summed E-state index contributed by atoms with van der Waals surface area (Å²) in [6.45, 7) is 0. The Labute approximate surface area is 211 Å². The van der Waals surface area contributed by atoms with E-state index in [-0.39, 0.29) is 50.6 Å². The number of hydrogen-bond acceptors (Lipinski definition) is 5. The fourth-order valence-electron chi connectivity index (χ4n) is 2.85. The van der Waals surface area contributed by atoms with Crippen LogP contribution in [0.1, 0.15) is 20.7 Å². The van der Waals surface area contributed by atoms with E-state index < -0.39 is 11.9 Å². The van der Waals surface area contributed by atoms with Crippen LogP contribution in [0.3, 0.4) is 0 Å². The third-order valence-electron chi connectivity index (χ3n) is 4.27. The van der Waals surface area contributed by atoms with Crippen molar-refractivity contribution >= 4 is 45.9 Å². The SMILES string of the molecule is O=C([O-])c1cccc(C(=O)[O-])c1.[Mg+2].[OH-].c1ccc([S+](c2ccccc2)c2ccccc2)cc1. The number of carboxylic acid groups (broad SMARTS) is 2. The van der Waals surface area contributed by atoms with E-state index >= 15 is 0 Å². The van der Waals surface area contributed by atoms with Gasteiger partial charge in [0.25, 0.3) is 0 Å². The molecule has 0 amide bonds. The van der Waals surface area contributed by atoms with Gasteiger partial charge in [-0.1, -0.05) is 72.8 Å². The van der Waals surface area contributed by atoms with Crippen molar-refractivity contribution in [2.75, 3.05) is 0 Å². The molecule has 0 bridgehead atoms. The van der Waals surface area contributed by atoms with Gasteiger partial charge < -0.3 is 25.3 Å². The molecule has 33 heavy (non-hydrogen) atoms. The first-order valence-corrected chi connectivity index (χ1v) is 10.7. The van der Waals surface area contributed by atoms with Crippen molar-refractivity contribution in [1.29, 1.82) is 0 Å². The molecule has 0 aliphatic rings. The van der Waals surface area contributed by atoms with Crippen LogP contribution in [-0.4, -0.2) is 40.5 Å². The smallest absolute Gasteiger partial charge is 0.870 e. The summed E-state index contributed by atoms with van der Waals surface area (Å²) in [6, 6.07) is 37.0. The van der Waals surface area contributed by atoms with Gasteiger partial charge in [-0.05, 0) is 53.6 Å². The number of carbonyl (C=O) groups excluding carboxylic acids is 2. The van der Waals surface area contributed by atoms with Gasteiger partial charge in [-0.15, -0.1) is 0 Å². The molecule has 1 N–H and O–H groups in total. The molecule has 0 unspecified atom stereocenters. The predicted molar refractivity (Wildman–Crippen MR) is 124 cm³/mol. The molecular weight excluding hydrogens is 449 g/mol. The zero-order valence-corrected chi connectivity index (χ0v) is 19.9. The number of carbonyl (C=O) groups is 2. The minimum absolute atomic E-state index is 0. The first-order chi connectivity index (χ1) is 15.1. The fraction of sp³-hybridized carbons (Fsp3) is 0. The summed E-state index contributed by atoms with van der Waals surface area (Å²) in [4.78, 5) is 24.6. The van der Waals surface area contributed by atoms with Crippen LogP contribution in [-0.2, 0) is 10.9 Å². The van der Waals surface area contributed by atoms with Crippen LogP contribution in [0.5, 0.6) is 0 Å². The summed E-state index contributed by atoms with van der Waals surface area (Å²) in [5, 5.41) is 20.5. The summed E-state index contributed by atoms with van der Waals surface area (Å²) >= 11 is 0. The van der Waals surface area contributed by atoms with Crippen LogP contribution in [0.2, 0.25) is 0 Å². The Balaban J connectivity index is 0.000000342. The van der Waals surface area contributed by atoms with E-state index in [0.29, 0.717) is 0 Å². The van der Waals surface area contributed by atoms with E-state index in [9.17, 15) is 19.8 Å². The monoisotopic (exact) mass is 468 g/mol. The molecule has 5 nitrogen and oxygen atoms in total. The van der Waals surface area contributed by atoms with Gasteiger partial charge in [0.2, 0.25) is 0 Å². The first-order valence-electron chi connectivity index (χ1n) is 9.48. The van der Waals surface area contributed by atoms with Gasteiger partial charge in [-0.3, -0.25) is 0 Å². The topological polar surface area (TPSA) is 110 Å². The summed E-state index contributed by atoms with van der Waals surface area (Å²) in [6.07, 6.45) is 0. The summed E-state index contributed by atoms with van der Waals surface area (Å²) in [5.41, 5.74) is -0.339. The van der Waals surface area contributed by atoms with Gasteiger partial charge in [0.05, 0.1) is 22.8 Å². The number of benzene rings is 4. The molecule has 0 saturated heterocycles. The molecule has 0 atom stereocenters. The Morgan fingerprint density at radius 3 is 1.09 bits per heavy atom. The van der Waals surface area contributed by atoms with Crippen molar-refractivity contribution in [3.63, 3.8) is 0 Å². The molecule has 0 aromatic heterocycles. The zero-order chi connectivity index (χ0) is 22.1. The molecule has 0 radical (unpaired) electrons. The Kier molecular flexibility index (Phi) is 12.0. The molecule has 0 fully saturated rings.